The molecule has 0 bridgehead atoms. The molecule has 0 aromatic carbocycles. The van der Waals surface area contributed by atoms with Crippen molar-refractivity contribution in [3.05, 3.63) is 34.3 Å². The van der Waals surface area contributed by atoms with E-state index in [-0.39, 0.29) is 16.5 Å². The Balaban J connectivity index is 3.56. The van der Waals surface area contributed by atoms with Gasteiger partial charge >= 0.3 is 0 Å². The molecule has 0 aliphatic rings. The van der Waals surface area contributed by atoms with Gasteiger partial charge in [-0.15, -0.1) is 0 Å². The average molecular weight is 235 g/mol. The van der Waals surface area contributed by atoms with Gasteiger partial charge in [-0.1, -0.05) is 41.5 Å². The molecule has 0 N–H and O–H groups in total. The van der Waals surface area contributed by atoms with Gasteiger partial charge in [-0.05, 0) is 11.0 Å². The third-order valence-corrected chi connectivity index (χ3v) is 2.80. The maximum atomic E-state index is 12.0. The second kappa shape index (κ2) is 4.13. The number of hydrogen-bond donors (Lipinski definition) is 0. The Morgan fingerprint density at radius 1 is 1.06 bits per heavy atom. The molecule has 0 saturated heterocycles. The molecule has 0 amide bonds. The second-order valence-electron chi connectivity index (χ2n) is 6.47. The van der Waals surface area contributed by atoms with E-state index in [1.807, 2.05) is 26.8 Å². The van der Waals surface area contributed by atoms with Crippen LogP contribution in [0.5, 0.6) is 0 Å². The van der Waals surface area contributed by atoms with E-state index in [2.05, 4.69) is 20.8 Å². The minimum Gasteiger partial charge on any atom is -0.618 e. The summed E-state index contributed by atoms with van der Waals surface area (Å²) in [4.78, 5) is 11.0. The second-order valence-corrected chi connectivity index (χ2v) is 6.47. The van der Waals surface area contributed by atoms with Crippen LogP contribution in [0.4, 0.5) is 0 Å². The summed E-state index contributed by atoms with van der Waals surface area (Å²) < 4.78 is 0.738. The first kappa shape index (κ1) is 13.7. The van der Waals surface area contributed by atoms with E-state index in [4.69, 9.17) is 0 Å². The summed E-state index contributed by atoms with van der Waals surface area (Å²) in [6.45, 7) is 12.1. The van der Waals surface area contributed by atoms with Crippen LogP contribution in [0, 0.1) is 5.21 Å². The molecule has 1 aromatic heterocycles. The Morgan fingerprint density at radius 3 is 1.94 bits per heavy atom. The molecule has 1 rings (SSSR count). The first-order chi connectivity index (χ1) is 7.57. The Hall–Kier alpha value is -1.38. The normalized spacial score (nSPS) is 12.6. The minimum atomic E-state index is -0.277. The summed E-state index contributed by atoms with van der Waals surface area (Å²) in [5.74, 6) is 0. The summed E-state index contributed by atoms with van der Waals surface area (Å²) in [6.07, 6.45) is 0.622. The van der Waals surface area contributed by atoms with Gasteiger partial charge in [0.15, 0.2) is 5.69 Å². The SMILES string of the molecule is CC(C)(C)c1cc(C=O)[n+]([O-])c(C(C)(C)C)c1. The van der Waals surface area contributed by atoms with Gasteiger partial charge in [0, 0.05) is 17.5 Å². The molecule has 0 saturated carbocycles. The van der Waals surface area contributed by atoms with E-state index in [1.54, 1.807) is 6.07 Å². The van der Waals surface area contributed by atoms with Crippen molar-refractivity contribution >= 4 is 6.29 Å². The summed E-state index contributed by atoms with van der Waals surface area (Å²) >= 11 is 0. The van der Waals surface area contributed by atoms with E-state index in [1.165, 1.54) is 0 Å². The van der Waals surface area contributed by atoms with E-state index >= 15 is 0 Å². The van der Waals surface area contributed by atoms with Crippen LogP contribution in [0.25, 0.3) is 0 Å². The van der Waals surface area contributed by atoms with Crippen LogP contribution in [0.15, 0.2) is 12.1 Å². The van der Waals surface area contributed by atoms with Crippen LogP contribution >= 0.6 is 0 Å². The van der Waals surface area contributed by atoms with Crippen LogP contribution in [0.1, 0.15) is 63.3 Å². The number of aromatic nitrogens is 1. The maximum absolute atomic E-state index is 12.0. The Kier molecular flexibility index (Phi) is 3.33. The van der Waals surface area contributed by atoms with Crippen molar-refractivity contribution in [3.8, 4) is 0 Å². The molecule has 17 heavy (non-hydrogen) atoms. The smallest absolute Gasteiger partial charge is 0.257 e. The fourth-order valence-electron chi connectivity index (χ4n) is 1.64. The van der Waals surface area contributed by atoms with Gasteiger partial charge in [0.05, 0.1) is 0 Å². The molecule has 1 heterocycles. The Morgan fingerprint density at radius 2 is 1.59 bits per heavy atom. The van der Waals surface area contributed by atoms with Crippen LogP contribution in [-0.2, 0) is 10.8 Å². The molecule has 94 valence electrons. The maximum Gasteiger partial charge on any atom is 0.257 e. The molecule has 0 unspecified atom stereocenters. The number of carbonyl (C=O) groups is 1. The number of aldehydes is 1. The van der Waals surface area contributed by atoms with E-state index in [0.717, 1.165) is 10.3 Å². The minimum absolute atomic E-state index is 0.0774. The van der Waals surface area contributed by atoms with Crippen molar-refractivity contribution in [2.24, 2.45) is 0 Å². The third kappa shape index (κ3) is 2.84. The Labute approximate surface area is 103 Å². The van der Waals surface area contributed by atoms with Gasteiger partial charge in [0.1, 0.15) is 0 Å². The van der Waals surface area contributed by atoms with Crippen molar-refractivity contribution in [2.45, 2.75) is 52.4 Å². The quantitative estimate of drug-likeness (QED) is 0.427. The highest BCUT2D eigenvalue weighted by atomic mass is 16.5. The predicted octanol–water partition coefficient (Wildman–Crippen LogP) is 2.73. The zero-order chi connectivity index (χ0) is 13.4. The molecule has 0 spiro atoms. The van der Waals surface area contributed by atoms with Crippen molar-refractivity contribution < 1.29 is 9.52 Å². The van der Waals surface area contributed by atoms with Crippen molar-refractivity contribution in [3.63, 3.8) is 0 Å². The Bertz CT molecular complexity index is 437. The monoisotopic (exact) mass is 235 g/mol. The molecule has 0 aliphatic carbocycles. The number of nitrogens with zero attached hydrogens (tertiary/aromatic N) is 1. The summed E-state index contributed by atoms with van der Waals surface area (Å²) in [5.41, 5.74) is 1.47. The topological polar surface area (TPSA) is 44.0 Å². The fourth-order valence-corrected chi connectivity index (χ4v) is 1.64. The summed E-state index contributed by atoms with van der Waals surface area (Å²) in [7, 11) is 0. The van der Waals surface area contributed by atoms with Gasteiger partial charge in [-0.2, -0.15) is 4.73 Å². The molecular formula is C14H21NO2. The van der Waals surface area contributed by atoms with E-state index < -0.39 is 0 Å². The lowest BCUT2D eigenvalue weighted by molar-refractivity contribution is -0.619. The lowest BCUT2D eigenvalue weighted by Crippen LogP contribution is -2.42. The van der Waals surface area contributed by atoms with Crippen LogP contribution in [0.2, 0.25) is 0 Å². The first-order valence-corrected chi connectivity index (χ1v) is 5.81. The van der Waals surface area contributed by atoms with Crippen LogP contribution in [0.3, 0.4) is 0 Å². The zero-order valence-corrected chi connectivity index (χ0v) is 11.5. The van der Waals surface area contributed by atoms with E-state index in [0.29, 0.717) is 12.0 Å². The highest BCUT2D eigenvalue weighted by Crippen LogP contribution is 2.27. The number of rotatable bonds is 1. The molecule has 0 fully saturated rings. The van der Waals surface area contributed by atoms with Crippen molar-refractivity contribution in [2.75, 3.05) is 0 Å². The molecule has 0 radical (unpaired) electrons. The predicted molar refractivity (Wildman–Crippen MR) is 68.2 cm³/mol. The van der Waals surface area contributed by atoms with Crippen LogP contribution < -0.4 is 4.73 Å². The van der Waals surface area contributed by atoms with Gasteiger partial charge in [-0.3, -0.25) is 4.79 Å². The van der Waals surface area contributed by atoms with Crippen molar-refractivity contribution in [1.82, 2.24) is 0 Å². The molecule has 1 aromatic rings. The number of pyridine rings is 1. The van der Waals surface area contributed by atoms with Gasteiger partial charge < -0.3 is 5.21 Å². The largest absolute Gasteiger partial charge is 0.618 e. The molecule has 3 heteroatoms. The van der Waals surface area contributed by atoms with Crippen molar-refractivity contribution in [1.29, 1.82) is 0 Å². The number of hydrogen-bond acceptors (Lipinski definition) is 2. The van der Waals surface area contributed by atoms with Gasteiger partial charge in [0.25, 0.3) is 5.69 Å². The molecule has 3 nitrogen and oxygen atoms in total. The zero-order valence-electron chi connectivity index (χ0n) is 11.5. The number of carbonyl (C=O) groups excluding carboxylic acids is 1. The van der Waals surface area contributed by atoms with Gasteiger partial charge in [-0.25, -0.2) is 0 Å². The molecule has 0 aliphatic heterocycles. The fraction of sp³-hybridized carbons (Fsp3) is 0.571. The average Bonchev–Trinajstić information content (AvgIpc) is 2.14. The third-order valence-electron chi connectivity index (χ3n) is 2.80. The lowest BCUT2D eigenvalue weighted by Gasteiger charge is -2.24. The standard InChI is InChI=1S/C14H21NO2/c1-13(2,3)10-7-11(9-16)15(17)12(8-10)14(4,5)6/h7-9H,1-6H3. The lowest BCUT2D eigenvalue weighted by atomic mass is 9.83. The first-order valence-electron chi connectivity index (χ1n) is 5.81. The highest BCUT2D eigenvalue weighted by Gasteiger charge is 2.28. The highest BCUT2D eigenvalue weighted by molar-refractivity contribution is 5.70. The van der Waals surface area contributed by atoms with Crippen LogP contribution in [-0.4, -0.2) is 6.29 Å². The summed E-state index contributed by atoms with van der Waals surface area (Å²) in [6, 6.07) is 3.58. The van der Waals surface area contributed by atoms with E-state index in [9.17, 15) is 10.0 Å². The summed E-state index contributed by atoms with van der Waals surface area (Å²) in [5, 5.41) is 12.0. The molecule has 0 atom stereocenters. The molecular weight excluding hydrogens is 214 g/mol. The van der Waals surface area contributed by atoms with Gasteiger partial charge in [0.2, 0.25) is 6.29 Å².